The maximum Gasteiger partial charge on any atom is 0.323 e. The number of carbonyl (C=O) groups is 5. The fraction of sp³-hybridized carbons (Fsp3) is 0.528. The lowest BCUT2D eigenvalue weighted by Gasteiger charge is -2.54. The van der Waals surface area contributed by atoms with Gasteiger partial charge in [0, 0.05) is 30.8 Å². The molecule has 0 spiro atoms. The smallest absolute Gasteiger partial charge is 0.323 e. The van der Waals surface area contributed by atoms with Gasteiger partial charge in [-0.05, 0) is 111 Å². The Balaban J connectivity index is 1.11. The van der Waals surface area contributed by atoms with E-state index in [0.717, 1.165) is 37.5 Å². The van der Waals surface area contributed by atoms with Crippen LogP contribution < -0.4 is 5.32 Å². The first kappa shape index (κ1) is 31.3. The Morgan fingerprint density at radius 2 is 1.66 bits per heavy atom. The summed E-state index contributed by atoms with van der Waals surface area (Å²) >= 11 is 0. The second kappa shape index (κ2) is 12.7. The number of halogens is 1. The van der Waals surface area contributed by atoms with Crippen LogP contribution in [0.5, 0.6) is 0 Å². The average molecular weight is 645 g/mol. The third-order valence-corrected chi connectivity index (χ3v) is 11.0. The number of piperazine rings is 1. The van der Waals surface area contributed by atoms with Gasteiger partial charge in [-0.15, -0.1) is 0 Å². The van der Waals surface area contributed by atoms with Gasteiger partial charge in [0.1, 0.15) is 24.1 Å². The zero-order valence-electron chi connectivity index (χ0n) is 26.6. The summed E-state index contributed by atoms with van der Waals surface area (Å²) in [6, 6.07) is 11.1. The van der Waals surface area contributed by atoms with E-state index in [-0.39, 0.29) is 62.0 Å². The van der Waals surface area contributed by atoms with Crippen molar-refractivity contribution in [3.63, 3.8) is 0 Å². The van der Waals surface area contributed by atoms with E-state index in [2.05, 4.69) is 5.32 Å². The lowest BCUT2D eigenvalue weighted by atomic mass is 9.55. The number of hydrogen-bond donors (Lipinski definition) is 1. The Kier molecular flexibility index (Phi) is 8.48. The highest BCUT2D eigenvalue weighted by molar-refractivity contribution is 5.97. The van der Waals surface area contributed by atoms with Crippen LogP contribution in [0.15, 0.2) is 48.5 Å². The number of ether oxygens (including phenoxy) is 1. The van der Waals surface area contributed by atoms with Crippen LogP contribution in [0.1, 0.15) is 67.8 Å². The Labute approximate surface area is 273 Å². The van der Waals surface area contributed by atoms with Crippen molar-refractivity contribution in [3.8, 4) is 0 Å². The molecular formula is C36H41FN4O6. The van der Waals surface area contributed by atoms with E-state index < -0.39 is 24.2 Å². The normalized spacial score (nSPS) is 29.5. The number of hydrogen-bond acceptors (Lipinski definition) is 6. The molecule has 4 aliphatic carbocycles. The monoisotopic (exact) mass is 644 g/mol. The fourth-order valence-corrected chi connectivity index (χ4v) is 8.99. The quantitative estimate of drug-likeness (QED) is 0.331. The number of esters is 1. The summed E-state index contributed by atoms with van der Waals surface area (Å²) < 4.78 is 20.1. The van der Waals surface area contributed by atoms with Crippen LogP contribution in [0.2, 0.25) is 0 Å². The molecule has 0 aromatic heterocycles. The minimum absolute atomic E-state index is 0.00483. The summed E-state index contributed by atoms with van der Waals surface area (Å²) in [6.45, 7) is 1.88. The van der Waals surface area contributed by atoms with E-state index in [1.165, 1.54) is 35.3 Å². The molecule has 4 saturated carbocycles. The number of rotatable bonds is 8. The number of nitrogens with zero attached hydrogens (tertiary/aromatic N) is 3. The van der Waals surface area contributed by atoms with Crippen molar-refractivity contribution in [2.24, 2.45) is 23.7 Å². The van der Waals surface area contributed by atoms with Crippen LogP contribution in [-0.4, -0.2) is 82.2 Å². The number of carbonyl (C=O) groups excluding carboxylic acids is 5. The number of ketones is 1. The molecule has 248 valence electrons. The fourth-order valence-electron chi connectivity index (χ4n) is 8.99. The van der Waals surface area contributed by atoms with Gasteiger partial charge in [-0.25, -0.2) is 9.18 Å². The van der Waals surface area contributed by atoms with Crippen LogP contribution in [0.3, 0.4) is 0 Å². The number of nitrogens with one attached hydrogen (secondary N) is 1. The standard InChI is InChI=1S/C36H41FN4O6/c1-21(42)25-5-7-29(8-6-25)38-36(46)40-12-10-32(43)41-30(19-33(44)47-34-26-14-23-13-24(16-26)17-27(34)15-23)35(45)39(20-31(40)41)11-9-22-3-2-4-28(37)18-22/h2-8,18,23-24,26-27,30-31,34H,9-17,19-20H2,1H3,(H,38,46)/t23?,24?,26?,27?,30-,31+,34?/m0/s1. The maximum atomic E-state index is 14.0. The highest BCUT2D eigenvalue weighted by atomic mass is 19.1. The summed E-state index contributed by atoms with van der Waals surface area (Å²) in [4.78, 5) is 71.0. The van der Waals surface area contributed by atoms with Crippen molar-refractivity contribution < 1.29 is 33.1 Å². The van der Waals surface area contributed by atoms with Crippen molar-refractivity contribution in [3.05, 3.63) is 65.5 Å². The lowest BCUT2D eigenvalue weighted by Crippen LogP contribution is -2.72. The van der Waals surface area contributed by atoms with Gasteiger partial charge >= 0.3 is 12.0 Å². The van der Waals surface area contributed by atoms with E-state index in [4.69, 9.17) is 4.74 Å². The summed E-state index contributed by atoms with van der Waals surface area (Å²) in [7, 11) is 0. The molecule has 2 aromatic rings. The Morgan fingerprint density at radius 1 is 0.957 bits per heavy atom. The van der Waals surface area contributed by atoms with E-state index in [9.17, 15) is 28.4 Å². The molecule has 11 heteroatoms. The van der Waals surface area contributed by atoms with E-state index in [0.29, 0.717) is 35.1 Å². The zero-order chi connectivity index (χ0) is 32.8. The van der Waals surface area contributed by atoms with Gasteiger partial charge in [-0.1, -0.05) is 12.1 Å². The van der Waals surface area contributed by atoms with Crippen LogP contribution in [0.4, 0.5) is 14.9 Å². The zero-order valence-corrected chi connectivity index (χ0v) is 26.6. The Bertz CT molecular complexity index is 1550. The van der Waals surface area contributed by atoms with E-state index >= 15 is 0 Å². The molecule has 0 radical (unpaired) electrons. The first-order valence-corrected chi connectivity index (χ1v) is 16.9. The van der Waals surface area contributed by atoms with Crippen molar-refractivity contribution >= 4 is 35.3 Å². The Hall–Kier alpha value is -4.28. The van der Waals surface area contributed by atoms with Crippen molar-refractivity contribution in [1.29, 1.82) is 0 Å². The molecule has 2 heterocycles. The minimum Gasteiger partial charge on any atom is -0.462 e. The lowest BCUT2D eigenvalue weighted by molar-refractivity contribution is -0.179. The molecule has 6 fully saturated rings. The van der Waals surface area contributed by atoms with Crippen LogP contribution in [-0.2, 0) is 25.5 Å². The van der Waals surface area contributed by atoms with Crippen molar-refractivity contribution in [2.45, 2.75) is 76.6 Å². The van der Waals surface area contributed by atoms with Crippen LogP contribution in [0.25, 0.3) is 0 Å². The molecule has 1 N–H and O–H groups in total. The van der Waals surface area contributed by atoms with Gasteiger partial charge < -0.3 is 24.8 Å². The second-order valence-corrected chi connectivity index (χ2v) is 14.1. The van der Waals surface area contributed by atoms with Gasteiger partial charge in [0.2, 0.25) is 11.8 Å². The molecule has 4 bridgehead atoms. The molecule has 0 unspecified atom stereocenters. The third-order valence-electron chi connectivity index (χ3n) is 11.0. The van der Waals surface area contributed by atoms with Crippen LogP contribution in [0, 0.1) is 29.5 Å². The molecule has 10 nitrogen and oxygen atoms in total. The number of urea groups is 1. The maximum absolute atomic E-state index is 14.0. The number of anilines is 1. The third kappa shape index (κ3) is 6.36. The average Bonchev–Trinajstić information content (AvgIpc) is 3.03. The molecule has 8 rings (SSSR count). The molecule has 2 saturated heterocycles. The van der Waals surface area contributed by atoms with Gasteiger partial charge in [0.25, 0.3) is 0 Å². The molecule has 47 heavy (non-hydrogen) atoms. The number of amides is 4. The highest BCUT2D eigenvalue weighted by Crippen LogP contribution is 2.54. The first-order chi connectivity index (χ1) is 22.6. The summed E-state index contributed by atoms with van der Waals surface area (Å²) in [5, 5.41) is 2.86. The summed E-state index contributed by atoms with van der Waals surface area (Å²) in [6.07, 6.45) is 4.72. The van der Waals surface area contributed by atoms with Crippen molar-refractivity contribution in [1.82, 2.24) is 14.7 Å². The second-order valence-electron chi connectivity index (χ2n) is 14.1. The van der Waals surface area contributed by atoms with E-state index in [1.807, 2.05) is 0 Å². The number of fused-ring (bicyclic) bond motifs is 1. The molecular weight excluding hydrogens is 603 g/mol. The minimum atomic E-state index is -1.12. The number of Topliss-reactive ketones (excluding diaryl/α,β-unsaturated/α-hetero) is 1. The predicted octanol–water partition coefficient (Wildman–Crippen LogP) is 4.63. The highest BCUT2D eigenvalue weighted by Gasteiger charge is 2.52. The molecule has 2 aliphatic heterocycles. The first-order valence-electron chi connectivity index (χ1n) is 16.9. The van der Waals surface area contributed by atoms with E-state index in [1.54, 1.807) is 41.3 Å². The van der Waals surface area contributed by atoms with Crippen LogP contribution >= 0.6 is 0 Å². The van der Waals surface area contributed by atoms with Gasteiger partial charge in [-0.2, -0.15) is 0 Å². The molecule has 2 atom stereocenters. The topological polar surface area (TPSA) is 116 Å². The molecule has 6 aliphatic rings. The summed E-state index contributed by atoms with van der Waals surface area (Å²) in [5.41, 5.74) is 1.70. The van der Waals surface area contributed by atoms with Gasteiger partial charge in [-0.3, -0.25) is 19.2 Å². The van der Waals surface area contributed by atoms with Gasteiger partial charge in [0.05, 0.1) is 13.0 Å². The predicted molar refractivity (Wildman–Crippen MR) is 169 cm³/mol. The largest absolute Gasteiger partial charge is 0.462 e. The molecule has 2 aromatic carbocycles. The van der Waals surface area contributed by atoms with Gasteiger partial charge in [0.15, 0.2) is 5.78 Å². The Morgan fingerprint density at radius 3 is 2.32 bits per heavy atom. The van der Waals surface area contributed by atoms with Crippen molar-refractivity contribution in [2.75, 3.05) is 25.0 Å². The SMILES string of the molecule is CC(=O)c1ccc(NC(=O)N2CCC(=O)N3[C@@H]2CN(CCc2cccc(F)c2)C(=O)[C@@H]3CC(=O)OC2C3CC4CC(C3)CC2C4)cc1. The molecule has 4 amide bonds. The summed E-state index contributed by atoms with van der Waals surface area (Å²) in [5.74, 6) is 0.510. The number of benzene rings is 2.